The third-order valence-corrected chi connectivity index (χ3v) is 7.19. The number of aryl methyl sites for hydroxylation is 1. The van der Waals surface area contributed by atoms with E-state index in [1.54, 1.807) is 6.92 Å². The molecule has 0 saturated heterocycles. The maximum absolute atomic E-state index is 11.9. The Balaban J connectivity index is 1.22. The molecule has 1 unspecified atom stereocenters. The second-order valence-electron chi connectivity index (χ2n) is 10.3. The van der Waals surface area contributed by atoms with E-state index in [-0.39, 0.29) is 5.97 Å². The number of nitrogens with zero attached hydrogens (tertiary/aromatic N) is 2. The van der Waals surface area contributed by atoms with Crippen LogP contribution in [0.3, 0.4) is 0 Å². The van der Waals surface area contributed by atoms with Crippen LogP contribution in [0.2, 0.25) is 0 Å². The number of unbranched alkanes of at least 4 members (excludes halogenated alkanes) is 1. The number of para-hydroxylation sites is 1. The highest BCUT2D eigenvalue weighted by Crippen LogP contribution is 2.41. The number of benzene rings is 3. The minimum Gasteiger partial charge on any atom is -0.494 e. The van der Waals surface area contributed by atoms with E-state index in [2.05, 4.69) is 39.3 Å². The maximum Gasteiger partial charge on any atom is 0.439 e. The van der Waals surface area contributed by atoms with E-state index < -0.39 is 11.9 Å². The van der Waals surface area contributed by atoms with Gasteiger partial charge in [-0.05, 0) is 61.9 Å². The zero-order chi connectivity index (χ0) is 29.9. The van der Waals surface area contributed by atoms with Crippen LogP contribution in [0, 0.1) is 0 Å². The first-order valence-corrected chi connectivity index (χ1v) is 14.8. The van der Waals surface area contributed by atoms with E-state index in [0.717, 1.165) is 41.8 Å². The van der Waals surface area contributed by atoms with Gasteiger partial charge in [0.2, 0.25) is 0 Å². The largest absolute Gasteiger partial charge is 0.494 e. The van der Waals surface area contributed by atoms with Gasteiger partial charge in [0, 0.05) is 18.5 Å². The van der Waals surface area contributed by atoms with E-state index in [1.807, 2.05) is 60.7 Å². The Morgan fingerprint density at radius 2 is 1.86 bits per heavy atom. The first-order chi connectivity index (χ1) is 21.1. The number of esters is 1. The average Bonchev–Trinajstić information content (AvgIpc) is 3.47. The van der Waals surface area contributed by atoms with Gasteiger partial charge >= 0.3 is 11.7 Å². The molecule has 1 atom stereocenters. The van der Waals surface area contributed by atoms with Crippen LogP contribution in [0.25, 0.3) is 12.2 Å². The van der Waals surface area contributed by atoms with Gasteiger partial charge in [-0.2, -0.15) is 0 Å². The minimum absolute atomic E-state index is 0.218. The van der Waals surface area contributed by atoms with Crippen molar-refractivity contribution in [2.45, 2.75) is 45.1 Å². The van der Waals surface area contributed by atoms with Gasteiger partial charge in [0.1, 0.15) is 5.75 Å². The van der Waals surface area contributed by atoms with Crippen molar-refractivity contribution in [1.82, 2.24) is 10.1 Å². The van der Waals surface area contributed by atoms with Crippen LogP contribution in [0.4, 0.5) is 5.69 Å². The molecule has 0 bridgehead atoms. The standard InChI is InChI=1S/C34H37N3O6/c1-2-40-31(38)15-9-22-37-24-30(33-35-34(39)43-36-33)42-32-27(13-8-14-29(32)37)19-16-26-17-20-28(21-18-26)41-23-7-6-12-25-10-4-3-5-11-25/h3-5,8,10-11,13-14,16-21,30H,2,6-7,9,12,15,22-24H2,1H3,(H,35,36,39). The van der Waals surface area contributed by atoms with E-state index in [0.29, 0.717) is 50.7 Å². The molecule has 1 aromatic heterocycles. The lowest BCUT2D eigenvalue weighted by Gasteiger charge is -2.36. The number of H-pyrrole nitrogens is 1. The number of aromatic nitrogens is 2. The fraction of sp³-hybridized carbons (Fsp3) is 0.324. The molecule has 2 heterocycles. The molecule has 224 valence electrons. The fourth-order valence-corrected chi connectivity index (χ4v) is 5.04. The summed E-state index contributed by atoms with van der Waals surface area (Å²) in [5.74, 6) is 0.988. The zero-order valence-corrected chi connectivity index (χ0v) is 24.4. The van der Waals surface area contributed by atoms with Crippen LogP contribution in [-0.2, 0) is 16.0 Å². The molecule has 1 aliphatic rings. The second-order valence-corrected chi connectivity index (χ2v) is 10.3. The Hall–Kier alpha value is -4.79. The molecule has 0 saturated carbocycles. The van der Waals surface area contributed by atoms with Gasteiger partial charge in [0.15, 0.2) is 17.7 Å². The van der Waals surface area contributed by atoms with Crippen LogP contribution in [0.15, 0.2) is 82.1 Å². The molecule has 1 aliphatic heterocycles. The van der Waals surface area contributed by atoms with Crippen LogP contribution >= 0.6 is 0 Å². The summed E-state index contributed by atoms with van der Waals surface area (Å²) < 4.78 is 22.1. The van der Waals surface area contributed by atoms with Crippen molar-refractivity contribution in [2.24, 2.45) is 0 Å². The zero-order valence-electron chi connectivity index (χ0n) is 24.4. The Labute approximate surface area is 251 Å². The van der Waals surface area contributed by atoms with E-state index >= 15 is 0 Å². The van der Waals surface area contributed by atoms with Gasteiger partial charge in [-0.3, -0.25) is 14.3 Å². The maximum atomic E-state index is 11.9. The molecule has 0 aliphatic carbocycles. The molecule has 1 N–H and O–H groups in total. The predicted octanol–water partition coefficient (Wildman–Crippen LogP) is 6.22. The minimum atomic E-state index is -0.633. The molecule has 0 fully saturated rings. The molecular formula is C34H37N3O6. The predicted molar refractivity (Wildman–Crippen MR) is 165 cm³/mol. The lowest BCUT2D eigenvalue weighted by Crippen LogP contribution is -2.37. The lowest BCUT2D eigenvalue weighted by atomic mass is 10.1. The van der Waals surface area contributed by atoms with Gasteiger partial charge in [0.05, 0.1) is 25.4 Å². The molecule has 0 amide bonds. The Bertz CT molecular complexity index is 1540. The summed E-state index contributed by atoms with van der Waals surface area (Å²) in [5.41, 5.74) is 4.16. The van der Waals surface area contributed by atoms with E-state index in [9.17, 15) is 9.59 Å². The third kappa shape index (κ3) is 8.38. The summed E-state index contributed by atoms with van der Waals surface area (Å²) >= 11 is 0. The first-order valence-electron chi connectivity index (χ1n) is 14.8. The molecule has 0 radical (unpaired) electrons. The highest BCUT2D eigenvalue weighted by Gasteiger charge is 2.30. The number of nitrogens with one attached hydrogen (secondary N) is 1. The third-order valence-electron chi connectivity index (χ3n) is 7.19. The average molecular weight is 584 g/mol. The number of fused-ring (bicyclic) bond motifs is 1. The number of hydrogen-bond acceptors (Lipinski definition) is 8. The fourth-order valence-electron chi connectivity index (χ4n) is 5.04. The molecular weight excluding hydrogens is 546 g/mol. The first kappa shape index (κ1) is 29.7. The monoisotopic (exact) mass is 583 g/mol. The van der Waals surface area contributed by atoms with E-state index in [1.165, 1.54) is 5.56 Å². The van der Waals surface area contributed by atoms with Crippen LogP contribution < -0.4 is 20.1 Å². The number of rotatable bonds is 14. The summed E-state index contributed by atoms with van der Waals surface area (Å²) in [7, 11) is 0. The SMILES string of the molecule is CCOC(=O)CCCN1CC(c2noc(=O)[nH]2)Oc2c(C=Cc3ccc(OCCCCc4ccccc4)cc3)cccc21. The summed E-state index contributed by atoms with van der Waals surface area (Å²) in [6.07, 6.45) is 7.56. The van der Waals surface area contributed by atoms with Crippen LogP contribution in [0.5, 0.6) is 11.5 Å². The van der Waals surface area contributed by atoms with Crippen molar-refractivity contribution in [2.75, 3.05) is 31.2 Å². The quantitative estimate of drug-likeness (QED) is 0.106. The number of ether oxygens (including phenoxy) is 3. The summed E-state index contributed by atoms with van der Waals surface area (Å²) in [6, 6.07) is 24.5. The molecule has 5 rings (SSSR count). The topological polar surface area (TPSA) is 107 Å². The number of aromatic amines is 1. The van der Waals surface area contributed by atoms with Crippen molar-refractivity contribution in [3.63, 3.8) is 0 Å². The molecule has 3 aromatic carbocycles. The highest BCUT2D eigenvalue weighted by atomic mass is 16.5. The van der Waals surface area contributed by atoms with Gasteiger partial charge < -0.3 is 19.1 Å². The normalized spacial score (nSPS) is 14.3. The van der Waals surface area contributed by atoms with E-state index in [4.69, 9.17) is 18.7 Å². The molecule has 4 aromatic rings. The summed E-state index contributed by atoms with van der Waals surface area (Å²) in [4.78, 5) is 28.3. The Kier molecular flexibility index (Phi) is 10.3. The number of carbonyl (C=O) groups excluding carboxylic acids is 1. The number of anilines is 1. The van der Waals surface area contributed by atoms with Crippen LogP contribution in [-0.4, -0.2) is 42.4 Å². The van der Waals surface area contributed by atoms with Crippen LogP contribution in [0.1, 0.15) is 61.2 Å². The lowest BCUT2D eigenvalue weighted by molar-refractivity contribution is -0.143. The van der Waals surface area contributed by atoms with Gasteiger partial charge in [-0.1, -0.05) is 71.9 Å². The highest BCUT2D eigenvalue weighted by molar-refractivity contribution is 5.78. The van der Waals surface area contributed by atoms with Crippen molar-refractivity contribution < 1.29 is 23.5 Å². The van der Waals surface area contributed by atoms with Gasteiger partial charge in [0.25, 0.3) is 0 Å². The number of hydrogen-bond donors (Lipinski definition) is 1. The summed E-state index contributed by atoms with van der Waals surface area (Å²) in [6.45, 7) is 3.89. The van der Waals surface area contributed by atoms with Gasteiger partial charge in [-0.25, -0.2) is 4.79 Å². The number of carbonyl (C=O) groups is 1. The summed E-state index contributed by atoms with van der Waals surface area (Å²) in [5, 5.41) is 3.86. The Morgan fingerprint density at radius 1 is 1.02 bits per heavy atom. The van der Waals surface area contributed by atoms with Gasteiger partial charge in [-0.15, -0.1) is 0 Å². The molecule has 0 spiro atoms. The van der Waals surface area contributed by atoms with Crippen molar-refractivity contribution in [3.8, 4) is 11.5 Å². The Morgan fingerprint density at radius 3 is 2.63 bits per heavy atom. The molecule has 9 heteroatoms. The molecule has 9 nitrogen and oxygen atoms in total. The smallest absolute Gasteiger partial charge is 0.439 e. The van der Waals surface area contributed by atoms with Crippen molar-refractivity contribution in [3.05, 3.63) is 106 Å². The second kappa shape index (κ2) is 14.9. The molecule has 43 heavy (non-hydrogen) atoms. The van der Waals surface area contributed by atoms with Crippen molar-refractivity contribution in [1.29, 1.82) is 0 Å². The van der Waals surface area contributed by atoms with Crippen molar-refractivity contribution >= 4 is 23.8 Å².